The third-order valence-corrected chi connectivity index (χ3v) is 2.01. The molecule has 0 spiro atoms. The van der Waals surface area contributed by atoms with Crippen LogP contribution in [0, 0.1) is 0 Å². The molecule has 0 amide bonds. The molecule has 0 saturated carbocycles. The van der Waals surface area contributed by atoms with Gasteiger partial charge in [0.2, 0.25) is 0 Å². The molecular formula is C8H11ClN2O. The highest BCUT2D eigenvalue weighted by atomic mass is 35.5. The summed E-state index contributed by atoms with van der Waals surface area (Å²) in [6.45, 7) is 2.79. The van der Waals surface area contributed by atoms with Gasteiger partial charge in [-0.25, -0.2) is 0 Å². The molecule has 1 heterocycles. The lowest BCUT2D eigenvalue weighted by atomic mass is 10.2. The van der Waals surface area contributed by atoms with Gasteiger partial charge in [-0.2, -0.15) is 5.10 Å². The molecule has 0 N–H and O–H groups in total. The van der Waals surface area contributed by atoms with E-state index >= 15 is 0 Å². The van der Waals surface area contributed by atoms with Crippen LogP contribution in [0.5, 0.6) is 0 Å². The first-order valence-corrected chi connectivity index (χ1v) is 4.31. The molecule has 3 nitrogen and oxygen atoms in total. The van der Waals surface area contributed by atoms with E-state index in [9.17, 15) is 4.79 Å². The van der Waals surface area contributed by atoms with Crippen LogP contribution in [0.4, 0.5) is 0 Å². The number of aryl methyl sites for hydroxylation is 1. The molecule has 0 aliphatic heterocycles. The van der Waals surface area contributed by atoms with E-state index in [4.69, 9.17) is 11.6 Å². The molecule has 0 unspecified atom stereocenters. The maximum absolute atomic E-state index is 10.1. The van der Waals surface area contributed by atoms with Crippen molar-refractivity contribution in [2.75, 3.05) is 0 Å². The summed E-state index contributed by atoms with van der Waals surface area (Å²) in [6.07, 6.45) is 3.69. The minimum atomic E-state index is 0.505. The van der Waals surface area contributed by atoms with E-state index in [-0.39, 0.29) is 0 Å². The van der Waals surface area contributed by atoms with Crippen LogP contribution in [-0.2, 0) is 17.8 Å². The Morgan fingerprint density at radius 3 is 3.08 bits per heavy atom. The Bertz CT molecular complexity index is 270. The predicted octanol–water partition coefficient (Wildman–Crippen LogP) is 1.69. The Morgan fingerprint density at radius 1 is 1.75 bits per heavy atom. The largest absolute Gasteiger partial charge is 0.303 e. The lowest BCUT2D eigenvalue weighted by molar-refractivity contribution is -0.107. The van der Waals surface area contributed by atoms with Crippen molar-refractivity contribution in [2.24, 2.45) is 0 Å². The van der Waals surface area contributed by atoms with Crippen molar-refractivity contribution in [2.45, 2.75) is 26.3 Å². The average Bonchev–Trinajstić information content (AvgIpc) is 2.43. The van der Waals surface area contributed by atoms with Crippen LogP contribution in [0.15, 0.2) is 6.20 Å². The first-order chi connectivity index (χ1) is 5.79. The van der Waals surface area contributed by atoms with Gasteiger partial charge in [0.15, 0.2) is 0 Å². The predicted molar refractivity (Wildman–Crippen MR) is 47.3 cm³/mol. The molecule has 1 aromatic rings. The summed E-state index contributed by atoms with van der Waals surface area (Å²) in [7, 11) is 0. The van der Waals surface area contributed by atoms with Crippen LogP contribution in [0.1, 0.15) is 19.0 Å². The number of nitrogens with zero attached hydrogens (tertiary/aromatic N) is 2. The molecule has 66 valence electrons. The van der Waals surface area contributed by atoms with E-state index in [1.165, 1.54) is 0 Å². The number of hydrogen-bond acceptors (Lipinski definition) is 2. The van der Waals surface area contributed by atoms with Crippen LogP contribution in [-0.4, -0.2) is 16.1 Å². The molecule has 0 atom stereocenters. The van der Waals surface area contributed by atoms with Crippen molar-refractivity contribution in [1.29, 1.82) is 0 Å². The maximum atomic E-state index is 10.1. The van der Waals surface area contributed by atoms with Gasteiger partial charge >= 0.3 is 0 Å². The molecule has 1 aromatic heterocycles. The normalized spacial score (nSPS) is 10.2. The van der Waals surface area contributed by atoms with E-state index in [2.05, 4.69) is 5.10 Å². The number of hydrogen-bond donors (Lipinski definition) is 0. The van der Waals surface area contributed by atoms with Crippen molar-refractivity contribution in [3.8, 4) is 0 Å². The minimum absolute atomic E-state index is 0.505. The SMILES string of the molecule is CCn1ncc(Cl)c1CCC=O. The summed E-state index contributed by atoms with van der Waals surface area (Å²) in [6, 6.07) is 0. The molecule has 0 radical (unpaired) electrons. The molecule has 12 heavy (non-hydrogen) atoms. The van der Waals surface area contributed by atoms with Crippen LogP contribution in [0.25, 0.3) is 0 Å². The number of rotatable bonds is 4. The Kier molecular flexibility index (Phi) is 3.29. The fourth-order valence-corrected chi connectivity index (χ4v) is 1.34. The van der Waals surface area contributed by atoms with Crippen LogP contribution in [0.3, 0.4) is 0 Å². The summed E-state index contributed by atoms with van der Waals surface area (Å²) in [5, 5.41) is 4.71. The Morgan fingerprint density at radius 2 is 2.50 bits per heavy atom. The summed E-state index contributed by atoms with van der Waals surface area (Å²) in [4.78, 5) is 10.1. The van der Waals surface area contributed by atoms with Crippen molar-refractivity contribution in [3.63, 3.8) is 0 Å². The molecule has 0 aliphatic carbocycles. The van der Waals surface area contributed by atoms with Gasteiger partial charge in [0.1, 0.15) is 6.29 Å². The number of aromatic nitrogens is 2. The van der Waals surface area contributed by atoms with Crippen molar-refractivity contribution in [1.82, 2.24) is 9.78 Å². The summed E-state index contributed by atoms with van der Waals surface area (Å²) in [5.41, 5.74) is 0.950. The lowest BCUT2D eigenvalue weighted by Crippen LogP contribution is -2.02. The van der Waals surface area contributed by atoms with Gasteiger partial charge in [-0.05, 0) is 13.3 Å². The number of halogens is 1. The monoisotopic (exact) mass is 186 g/mol. The van der Waals surface area contributed by atoms with Crippen LogP contribution >= 0.6 is 11.6 Å². The standard InChI is InChI=1S/C8H11ClN2O/c1-2-11-8(4-3-5-12)7(9)6-10-11/h5-6H,2-4H2,1H3. The van der Waals surface area contributed by atoms with Crippen LogP contribution < -0.4 is 0 Å². The highest BCUT2D eigenvalue weighted by Gasteiger charge is 2.06. The second-order valence-corrected chi connectivity index (χ2v) is 2.87. The topological polar surface area (TPSA) is 34.9 Å². The average molecular weight is 187 g/mol. The fourth-order valence-electron chi connectivity index (χ4n) is 1.10. The number of carbonyl (C=O) groups is 1. The number of carbonyl (C=O) groups excluding carboxylic acids is 1. The highest BCUT2D eigenvalue weighted by Crippen LogP contribution is 2.16. The third kappa shape index (κ3) is 1.85. The zero-order valence-corrected chi connectivity index (χ0v) is 7.71. The van der Waals surface area contributed by atoms with Gasteiger partial charge in [-0.15, -0.1) is 0 Å². The van der Waals surface area contributed by atoms with Crippen molar-refractivity contribution >= 4 is 17.9 Å². The zero-order valence-electron chi connectivity index (χ0n) is 6.96. The first kappa shape index (κ1) is 9.26. The van der Waals surface area contributed by atoms with Crippen molar-refractivity contribution in [3.05, 3.63) is 16.9 Å². The summed E-state index contributed by atoms with van der Waals surface area (Å²) in [5.74, 6) is 0. The molecule has 0 saturated heterocycles. The Balaban J connectivity index is 2.78. The third-order valence-electron chi connectivity index (χ3n) is 1.70. The van der Waals surface area contributed by atoms with Gasteiger partial charge in [-0.3, -0.25) is 4.68 Å². The second-order valence-electron chi connectivity index (χ2n) is 2.46. The molecule has 1 rings (SSSR count). The lowest BCUT2D eigenvalue weighted by Gasteiger charge is -2.01. The quantitative estimate of drug-likeness (QED) is 0.671. The van der Waals surface area contributed by atoms with Gasteiger partial charge < -0.3 is 4.79 Å². The first-order valence-electron chi connectivity index (χ1n) is 3.93. The molecule has 0 aliphatic rings. The summed E-state index contributed by atoms with van der Waals surface area (Å²) < 4.78 is 1.81. The minimum Gasteiger partial charge on any atom is -0.303 e. The van der Waals surface area contributed by atoms with Gasteiger partial charge in [0.05, 0.1) is 16.9 Å². The highest BCUT2D eigenvalue weighted by molar-refractivity contribution is 6.31. The van der Waals surface area contributed by atoms with E-state index in [1.54, 1.807) is 6.20 Å². The Hall–Kier alpha value is -0.830. The van der Waals surface area contributed by atoms with E-state index in [1.807, 2.05) is 11.6 Å². The summed E-state index contributed by atoms with van der Waals surface area (Å²) >= 11 is 5.86. The van der Waals surface area contributed by atoms with Gasteiger partial charge in [-0.1, -0.05) is 11.6 Å². The zero-order chi connectivity index (χ0) is 8.97. The molecule has 4 heteroatoms. The van der Waals surface area contributed by atoms with E-state index in [0.29, 0.717) is 17.9 Å². The van der Waals surface area contributed by atoms with E-state index < -0.39 is 0 Å². The number of aldehydes is 1. The van der Waals surface area contributed by atoms with Gasteiger partial charge in [0, 0.05) is 13.0 Å². The fraction of sp³-hybridized carbons (Fsp3) is 0.500. The maximum Gasteiger partial charge on any atom is 0.120 e. The molecule has 0 bridgehead atoms. The second kappa shape index (κ2) is 4.26. The van der Waals surface area contributed by atoms with Gasteiger partial charge in [0.25, 0.3) is 0 Å². The van der Waals surface area contributed by atoms with E-state index in [0.717, 1.165) is 18.5 Å². The van der Waals surface area contributed by atoms with Crippen molar-refractivity contribution < 1.29 is 4.79 Å². The smallest absolute Gasteiger partial charge is 0.120 e. The molecule has 0 aromatic carbocycles. The Labute approximate surface area is 76.3 Å². The van der Waals surface area contributed by atoms with Crippen LogP contribution in [0.2, 0.25) is 5.02 Å². The molecule has 0 fully saturated rings. The molecular weight excluding hydrogens is 176 g/mol.